The summed E-state index contributed by atoms with van der Waals surface area (Å²) in [7, 11) is 4.00. The summed E-state index contributed by atoms with van der Waals surface area (Å²) in [5, 5.41) is 4.26. The number of hydrogen-bond donors (Lipinski definition) is 0. The van der Waals surface area contributed by atoms with Gasteiger partial charge in [-0.25, -0.2) is 4.68 Å². The molecule has 20 heavy (non-hydrogen) atoms. The molecule has 0 aliphatic rings. The van der Waals surface area contributed by atoms with Gasteiger partial charge in [0.2, 0.25) is 0 Å². The molecule has 0 fully saturated rings. The van der Waals surface area contributed by atoms with E-state index in [2.05, 4.69) is 5.10 Å². The maximum Gasteiger partial charge on any atom is 0.271 e. The van der Waals surface area contributed by atoms with Crippen LogP contribution in [0.4, 0.5) is 5.69 Å². The van der Waals surface area contributed by atoms with Gasteiger partial charge < -0.3 is 4.90 Å². The van der Waals surface area contributed by atoms with Gasteiger partial charge in [-0.15, -0.1) is 0 Å². The fourth-order valence-electron chi connectivity index (χ4n) is 1.99. The Labute approximate surface area is 119 Å². The van der Waals surface area contributed by atoms with Crippen molar-refractivity contribution in [3.63, 3.8) is 0 Å². The fraction of sp³-hybridized carbons (Fsp3) is 0.250. The SMILES string of the molecule is Cc1cc(C)n(N=Cc2ccc(N(C)C)cc2)c(=O)c1. The molecule has 0 aliphatic carbocycles. The minimum atomic E-state index is -0.108. The average molecular weight is 269 g/mol. The van der Waals surface area contributed by atoms with Crippen LogP contribution in [0.25, 0.3) is 0 Å². The molecule has 0 unspecified atom stereocenters. The molecular formula is C16H19N3O. The lowest BCUT2D eigenvalue weighted by molar-refractivity contribution is 0.791. The normalized spacial score (nSPS) is 11.0. The quantitative estimate of drug-likeness (QED) is 0.802. The van der Waals surface area contributed by atoms with E-state index in [1.54, 1.807) is 12.3 Å². The summed E-state index contributed by atoms with van der Waals surface area (Å²) in [6.07, 6.45) is 1.70. The highest BCUT2D eigenvalue weighted by atomic mass is 16.1. The van der Waals surface area contributed by atoms with Crippen LogP contribution in [-0.4, -0.2) is 25.0 Å². The van der Waals surface area contributed by atoms with Gasteiger partial charge in [0.25, 0.3) is 5.56 Å². The van der Waals surface area contributed by atoms with Crippen LogP contribution in [0.2, 0.25) is 0 Å². The molecule has 1 aromatic heterocycles. The maximum atomic E-state index is 11.9. The van der Waals surface area contributed by atoms with Crippen LogP contribution in [0.5, 0.6) is 0 Å². The molecule has 0 saturated heterocycles. The Morgan fingerprint density at radius 1 is 1.10 bits per heavy atom. The van der Waals surface area contributed by atoms with Crippen LogP contribution in [0.3, 0.4) is 0 Å². The number of rotatable bonds is 3. The first-order valence-electron chi connectivity index (χ1n) is 6.49. The van der Waals surface area contributed by atoms with Gasteiger partial charge in [-0.05, 0) is 43.2 Å². The van der Waals surface area contributed by atoms with Gasteiger partial charge in [0, 0.05) is 31.5 Å². The van der Waals surface area contributed by atoms with Crippen molar-refractivity contribution in [2.75, 3.05) is 19.0 Å². The van der Waals surface area contributed by atoms with Crippen molar-refractivity contribution in [3.8, 4) is 0 Å². The van der Waals surface area contributed by atoms with E-state index in [9.17, 15) is 4.79 Å². The number of aryl methyl sites for hydroxylation is 2. The molecule has 2 aromatic rings. The lowest BCUT2D eigenvalue weighted by Crippen LogP contribution is -2.18. The van der Waals surface area contributed by atoms with Crippen LogP contribution in [0, 0.1) is 13.8 Å². The standard InChI is InChI=1S/C16H19N3O/c1-12-9-13(2)19(16(20)10-12)17-11-14-5-7-15(8-6-14)18(3)4/h5-11H,1-4H3. The van der Waals surface area contributed by atoms with Crippen molar-refractivity contribution in [1.82, 2.24) is 4.68 Å². The Morgan fingerprint density at radius 2 is 1.75 bits per heavy atom. The van der Waals surface area contributed by atoms with Gasteiger partial charge in [0.1, 0.15) is 0 Å². The Kier molecular flexibility index (Phi) is 4.03. The Balaban J connectivity index is 2.28. The Bertz CT molecular complexity index is 682. The van der Waals surface area contributed by atoms with Crippen LogP contribution in [0.15, 0.2) is 46.3 Å². The second kappa shape index (κ2) is 5.74. The molecule has 0 saturated carbocycles. The number of pyridine rings is 1. The highest BCUT2D eigenvalue weighted by Gasteiger charge is 1.99. The Morgan fingerprint density at radius 3 is 2.30 bits per heavy atom. The number of hydrogen-bond acceptors (Lipinski definition) is 3. The Hall–Kier alpha value is -2.36. The van der Waals surface area contributed by atoms with E-state index in [1.807, 2.05) is 63.2 Å². The number of nitrogens with zero attached hydrogens (tertiary/aromatic N) is 3. The third-order valence-electron chi connectivity index (χ3n) is 3.06. The average Bonchev–Trinajstić information content (AvgIpc) is 2.38. The number of aromatic nitrogens is 1. The zero-order valence-corrected chi connectivity index (χ0v) is 12.3. The molecule has 104 valence electrons. The van der Waals surface area contributed by atoms with Gasteiger partial charge in [0.05, 0.1) is 6.21 Å². The molecule has 1 aromatic carbocycles. The van der Waals surface area contributed by atoms with E-state index >= 15 is 0 Å². The summed E-state index contributed by atoms with van der Waals surface area (Å²) in [6, 6.07) is 11.5. The molecule has 0 bridgehead atoms. The smallest absolute Gasteiger partial charge is 0.271 e. The van der Waals surface area contributed by atoms with Crippen molar-refractivity contribution < 1.29 is 0 Å². The molecular weight excluding hydrogens is 250 g/mol. The van der Waals surface area contributed by atoms with E-state index in [0.29, 0.717) is 0 Å². The van der Waals surface area contributed by atoms with Crippen LogP contribution >= 0.6 is 0 Å². The van der Waals surface area contributed by atoms with Crippen LogP contribution in [-0.2, 0) is 0 Å². The second-order valence-electron chi connectivity index (χ2n) is 5.05. The van der Waals surface area contributed by atoms with Gasteiger partial charge in [-0.2, -0.15) is 5.10 Å². The molecule has 0 spiro atoms. The first-order chi connectivity index (χ1) is 9.47. The van der Waals surface area contributed by atoms with E-state index in [4.69, 9.17) is 0 Å². The van der Waals surface area contributed by atoms with E-state index in [0.717, 1.165) is 22.5 Å². The number of benzene rings is 1. The first kappa shape index (κ1) is 14.1. The third kappa shape index (κ3) is 3.15. The molecule has 0 aliphatic heterocycles. The molecule has 4 heteroatoms. The van der Waals surface area contributed by atoms with E-state index < -0.39 is 0 Å². The first-order valence-corrected chi connectivity index (χ1v) is 6.49. The molecule has 4 nitrogen and oxygen atoms in total. The maximum absolute atomic E-state index is 11.9. The molecule has 1 heterocycles. The minimum absolute atomic E-state index is 0.108. The van der Waals surface area contributed by atoms with Crippen LogP contribution < -0.4 is 10.5 Å². The molecule has 2 rings (SSSR count). The zero-order chi connectivity index (χ0) is 14.7. The van der Waals surface area contributed by atoms with Gasteiger partial charge in [-0.3, -0.25) is 4.79 Å². The van der Waals surface area contributed by atoms with Gasteiger partial charge >= 0.3 is 0 Å². The van der Waals surface area contributed by atoms with Crippen molar-refractivity contribution in [3.05, 3.63) is 63.6 Å². The lowest BCUT2D eigenvalue weighted by Gasteiger charge is -2.11. The zero-order valence-electron chi connectivity index (χ0n) is 12.3. The largest absolute Gasteiger partial charge is 0.378 e. The lowest BCUT2D eigenvalue weighted by atomic mass is 10.2. The highest BCUT2D eigenvalue weighted by molar-refractivity contribution is 5.80. The summed E-state index contributed by atoms with van der Waals surface area (Å²) in [5.74, 6) is 0. The molecule has 0 radical (unpaired) electrons. The highest BCUT2D eigenvalue weighted by Crippen LogP contribution is 2.11. The number of anilines is 1. The monoisotopic (exact) mass is 269 g/mol. The van der Waals surface area contributed by atoms with Gasteiger partial charge in [-0.1, -0.05) is 12.1 Å². The molecule has 0 N–H and O–H groups in total. The predicted octanol–water partition coefficient (Wildman–Crippen LogP) is 2.41. The third-order valence-corrected chi connectivity index (χ3v) is 3.06. The fourth-order valence-corrected chi connectivity index (χ4v) is 1.99. The van der Waals surface area contributed by atoms with Crippen LogP contribution in [0.1, 0.15) is 16.8 Å². The topological polar surface area (TPSA) is 37.6 Å². The predicted molar refractivity (Wildman–Crippen MR) is 83.9 cm³/mol. The summed E-state index contributed by atoms with van der Waals surface area (Å²) in [5.41, 5.74) is 3.77. The summed E-state index contributed by atoms with van der Waals surface area (Å²) >= 11 is 0. The van der Waals surface area contributed by atoms with E-state index in [-0.39, 0.29) is 5.56 Å². The van der Waals surface area contributed by atoms with Gasteiger partial charge in [0.15, 0.2) is 0 Å². The minimum Gasteiger partial charge on any atom is -0.378 e. The van der Waals surface area contributed by atoms with Crippen molar-refractivity contribution >= 4 is 11.9 Å². The van der Waals surface area contributed by atoms with E-state index in [1.165, 1.54) is 4.68 Å². The summed E-state index contributed by atoms with van der Waals surface area (Å²) in [4.78, 5) is 13.9. The van der Waals surface area contributed by atoms with Crippen molar-refractivity contribution in [2.24, 2.45) is 5.10 Å². The molecule has 0 amide bonds. The van der Waals surface area contributed by atoms with Crippen molar-refractivity contribution in [1.29, 1.82) is 0 Å². The second-order valence-corrected chi connectivity index (χ2v) is 5.05. The van der Waals surface area contributed by atoms with Crippen molar-refractivity contribution in [2.45, 2.75) is 13.8 Å². The molecule has 0 atom stereocenters. The summed E-state index contributed by atoms with van der Waals surface area (Å²) < 4.78 is 1.41. The summed E-state index contributed by atoms with van der Waals surface area (Å²) in [6.45, 7) is 3.78.